The predicted octanol–water partition coefficient (Wildman–Crippen LogP) is 2.65. The summed E-state index contributed by atoms with van der Waals surface area (Å²) in [6, 6.07) is 0. The normalized spacial score (nSPS) is 16.6. The van der Waals surface area contributed by atoms with Crippen molar-refractivity contribution in [1.82, 2.24) is 0 Å². The molecule has 2 nitrogen and oxygen atoms in total. The van der Waals surface area contributed by atoms with Crippen LogP contribution in [-0.2, 0) is 9.53 Å². The summed E-state index contributed by atoms with van der Waals surface area (Å²) in [6.45, 7) is 5.70. The van der Waals surface area contributed by atoms with Crippen LogP contribution in [0.3, 0.4) is 0 Å². The molecule has 0 aromatic carbocycles. The minimum atomic E-state index is -0.278. The largest absolute Gasteiger partial charge is 0.461 e. The average Bonchev–Trinajstić information content (AvgIpc) is 2.69. The smallest absolute Gasteiger partial charge is 0.333 e. The molecule has 86 valence electrons. The van der Waals surface area contributed by atoms with E-state index >= 15 is 0 Å². The van der Waals surface area contributed by atoms with Crippen molar-refractivity contribution in [1.29, 1.82) is 0 Å². The van der Waals surface area contributed by atoms with Gasteiger partial charge in [0, 0.05) is 28.6 Å². The highest BCUT2D eigenvalue weighted by atomic mass is 32.2. The van der Waals surface area contributed by atoms with Crippen LogP contribution in [0.1, 0.15) is 6.92 Å². The van der Waals surface area contributed by atoms with E-state index in [9.17, 15) is 4.79 Å². The fraction of sp³-hybridized carbons (Fsp3) is 0.700. The molecule has 0 bridgehead atoms. The number of thioether (sulfide) groups is 3. The van der Waals surface area contributed by atoms with Crippen molar-refractivity contribution < 1.29 is 9.53 Å². The Morgan fingerprint density at radius 1 is 1.53 bits per heavy atom. The van der Waals surface area contributed by atoms with Gasteiger partial charge in [-0.3, -0.25) is 0 Å². The minimum absolute atomic E-state index is 0.278. The Morgan fingerprint density at radius 2 is 2.20 bits per heavy atom. The zero-order valence-electron chi connectivity index (χ0n) is 8.86. The van der Waals surface area contributed by atoms with Crippen LogP contribution in [0.2, 0.25) is 0 Å². The molecule has 0 unspecified atom stereocenters. The van der Waals surface area contributed by atoms with E-state index in [2.05, 4.69) is 6.58 Å². The van der Waals surface area contributed by atoms with Gasteiger partial charge in [0.1, 0.15) is 6.61 Å². The lowest BCUT2D eigenvalue weighted by molar-refractivity contribution is -0.138. The lowest BCUT2D eigenvalue weighted by atomic mass is 10.4. The number of hydrogen-bond acceptors (Lipinski definition) is 5. The van der Waals surface area contributed by atoms with Gasteiger partial charge < -0.3 is 4.74 Å². The molecule has 1 aliphatic rings. The fourth-order valence-electron chi connectivity index (χ4n) is 1.000. The molecule has 0 saturated carbocycles. The highest BCUT2D eigenvalue weighted by Gasteiger charge is 2.15. The Labute approximate surface area is 104 Å². The summed E-state index contributed by atoms with van der Waals surface area (Å²) < 4.78 is 5.74. The zero-order valence-corrected chi connectivity index (χ0v) is 11.3. The Balaban J connectivity index is 1.92. The summed E-state index contributed by atoms with van der Waals surface area (Å²) in [5.74, 6) is 4.32. The molecule has 0 aromatic rings. The van der Waals surface area contributed by atoms with E-state index in [1.807, 2.05) is 35.3 Å². The Hall–Kier alpha value is 0.260. The molecular weight excluding hydrogens is 248 g/mol. The molecule has 0 aliphatic carbocycles. The van der Waals surface area contributed by atoms with Crippen molar-refractivity contribution >= 4 is 41.3 Å². The van der Waals surface area contributed by atoms with E-state index in [0.717, 1.165) is 16.1 Å². The van der Waals surface area contributed by atoms with Gasteiger partial charge in [0.05, 0.1) is 4.58 Å². The highest BCUT2D eigenvalue weighted by molar-refractivity contribution is 8.21. The maximum Gasteiger partial charge on any atom is 0.333 e. The first-order chi connectivity index (χ1) is 7.20. The molecule has 1 fully saturated rings. The second-order valence-electron chi connectivity index (χ2n) is 3.16. The summed E-state index contributed by atoms with van der Waals surface area (Å²) in [6.07, 6.45) is 0. The SMILES string of the molecule is C=C(C)C(=O)OCCSCC1SCCS1. The molecule has 15 heavy (non-hydrogen) atoms. The van der Waals surface area contributed by atoms with Crippen LogP contribution in [0.4, 0.5) is 0 Å². The fourth-order valence-corrected chi connectivity index (χ4v) is 5.16. The third-order valence-corrected chi connectivity index (χ3v) is 6.23. The van der Waals surface area contributed by atoms with Gasteiger partial charge in [0.15, 0.2) is 0 Å². The average molecular weight is 264 g/mol. The third-order valence-electron chi connectivity index (χ3n) is 1.75. The van der Waals surface area contributed by atoms with Crippen LogP contribution in [0.15, 0.2) is 12.2 Å². The second-order valence-corrected chi connectivity index (χ2v) is 7.23. The molecule has 0 atom stereocenters. The lowest BCUT2D eigenvalue weighted by Crippen LogP contribution is -2.08. The van der Waals surface area contributed by atoms with E-state index in [1.165, 1.54) is 11.5 Å². The van der Waals surface area contributed by atoms with E-state index < -0.39 is 0 Å². The minimum Gasteiger partial charge on any atom is -0.461 e. The topological polar surface area (TPSA) is 26.3 Å². The summed E-state index contributed by atoms with van der Waals surface area (Å²) in [7, 11) is 0. The Morgan fingerprint density at radius 3 is 2.80 bits per heavy atom. The number of rotatable bonds is 6. The van der Waals surface area contributed by atoms with Gasteiger partial charge in [-0.1, -0.05) is 6.58 Å². The second kappa shape index (κ2) is 7.52. The van der Waals surface area contributed by atoms with Gasteiger partial charge in [-0.25, -0.2) is 4.79 Å². The number of carbonyl (C=O) groups excluding carboxylic acids is 1. The van der Waals surface area contributed by atoms with Crippen LogP contribution in [-0.4, -0.2) is 40.2 Å². The van der Waals surface area contributed by atoms with Crippen LogP contribution < -0.4 is 0 Å². The van der Waals surface area contributed by atoms with Crippen molar-refractivity contribution in [3.63, 3.8) is 0 Å². The van der Waals surface area contributed by atoms with Crippen molar-refractivity contribution in [2.45, 2.75) is 11.5 Å². The maximum absolute atomic E-state index is 11.0. The van der Waals surface area contributed by atoms with Gasteiger partial charge in [-0.05, 0) is 6.92 Å². The summed E-state index contributed by atoms with van der Waals surface area (Å²) >= 11 is 5.92. The van der Waals surface area contributed by atoms with Gasteiger partial charge in [-0.2, -0.15) is 11.8 Å². The quantitative estimate of drug-likeness (QED) is 0.417. The number of esters is 1. The van der Waals surface area contributed by atoms with Crippen LogP contribution in [0.25, 0.3) is 0 Å². The number of carbonyl (C=O) groups is 1. The molecule has 0 amide bonds. The number of hydrogen-bond donors (Lipinski definition) is 0. The first kappa shape index (κ1) is 13.3. The first-order valence-corrected chi connectivity index (χ1v) is 8.09. The molecule has 0 radical (unpaired) electrons. The molecular formula is C10H16O2S3. The monoisotopic (exact) mass is 264 g/mol. The first-order valence-electron chi connectivity index (χ1n) is 4.83. The Kier molecular flexibility index (Phi) is 6.68. The lowest BCUT2D eigenvalue weighted by Gasteiger charge is -2.07. The van der Waals surface area contributed by atoms with Crippen molar-refractivity contribution in [2.24, 2.45) is 0 Å². The molecule has 0 spiro atoms. The van der Waals surface area contributed by atoms with Crippen LogP contribution in [0.5, 0.6) is 0 Å². The van der Waals surface area contributed by atoms with Gasteiger partial charge in [-0.15, -0.1) is 23.5 Å². The molecule has 0 aromatic heterocycles. The predicted molar refractivity (Wildman–Crippen MR) is 71.8 cm³/mol. The van der Waals surface area contributed by atoms with E-state index in [1.54, 1.807) is 6.92 Å². The van der Waals surface area contributed by atoms with Crippen molar-refractivity contribution in [3.8, 4) is 0 Å². The van der Waals surface area contributed by atoms with E-state index in [4.69, 9.17) is 4.74 Å². The molecule has 1 saturated heterocycles. The van der Waals surface area contributed by atoms with E-state index in [0.29, 0.717) is 12.2 Å². The summed E-state index contributed by atoms with van der Waals surface area (Å²) in [4.78, 5) is 11.0. The van der Waals surface area contributed by atoms with Crippen molar-refractivity contribution in [3.05, 3.63) is 12.2 Å². The van der Waals surface area contributed by atoms with Gasteiger partial charge >= 0.3 is 5.97 Å². The van der Waals surface area contributed by atoms with E-state index in [-0.39, 0.29) is 5.97 Å². The van der Waals surface area contributed by atoms with Crippen LogP contribution in [0, 0.1) is 0 Å². The molecule has 1 aliphatic heterocycles. The molecule has 0 N–H and O–H groups in total. The van der Waals surface area contributed by atoms with Crippen LogP contribution >= 0.6 is 35.3 Å². The summed E-state index contributed by atoms with van der Waals surface area (Å²) in [5, 5.41) is 0. The maximum atomic E-state index is 11.0. The third kappa shape index (κ3) is 5.78. The number of ether oxygens (including phenoxy) is 1. The molecule has 1 heterocycles. The van der Waals surface area contributed by atoms with Crippen molar-refractivity contribution in [2.75, 3.05) is 29.6 Å². The summed E-state index contributed by atoms with van der Waals surface area (Å²) in [5.41, 5.74) is 0.474. The molecule has 1 rings (SSSR count). The van der Waals surface area contributed by atoms with Gasteiger partial charge in [0.25, 0.3) is 0 Å². The zero-order chi connectivity index (χ0) is 11.1. The standard InChI is InChI=1S/C10H16O2S3/c1-8(2)10(11)12-3-4-13-7-9-14-5-6-15-9/h9H,1,3-7H2,2H3. The van der Waals surface area contributed by atoms with Gasteiger partial charge in [0.2, 0.25) is 0 Å². The molecule has 5 heteroatoms. The highest BCUT2D eigenvalue weighted by Crippen LogP contribution is 2.33. The Bertz CT molecular complexity index is 225.